The van der Waals surface area contributed by atoms with Crippen LogP contribution in [0.5, 0.6) is 0 Å². The highest BCUT2D eigenvalue weighted by Crippen LogP contribution is 2.39. The predicted molar refractivity (Wildman–Crippen MR) is 131 cm³/mol. The van der Waals surface area contributed by atoms with Gasteiger partial charge in [0.25, 0.3) is 11.8 Å². The summed E-state index contributed by atoms with van der Waals surface area (Å²) in [5.74, 6) is -0.522. The number of nitrogen functional groups attached to an aromatic ring is 1. The van der Waals surface area contributed by atoms with Crippen molar-refractivity contribution in [2.75, 3.05) is 55.8 Å². The Kier molecular flexibility index (Phi) is 5.92. The Bertz CT molecular complexity index is 1170. The van der Waals surface area contributed by atoms with Crippen LogP contribution < -0.4 is 21.3 Å². The van der Waals surface area contributed by atoms with Crippen molar-refractivity contribution < 1.29 is 9.59 Å². The molecular weight excluding hydrogens is 424 g/mol. The molecule has 8 nitrogen and oxygen atoms in total. The topological polar surface area (TPSA) is 109 Å². The molecule has 4 N–H and O–H groups in total. The van der Waals surface area contributed by atoms with Crippen LogP contribution in [0.3, 0.4) is 0 Å². The van der Waals surface area contributed by atoms with Gasteiger partial charge in [0.05, 0.1) is 16.8 Å². The maximum atomic E-state index is 12.2. The van der Waals surface area contributed by atoms with Crippen LogP contribution in [-0.2, 0) is 0 Å². The lowest BCUT2D eigenvalue weighted by molar-refractivity contribution is 0.0827. The number of carbonyl (C=O) groups is 2. The highest BCUT2D eigenvalue weighted by Gasteiger charge is 2.23. The predicted octanol–water partition coefficient (Wildman–Crippen LogP) is 2.70. The van der Waals surface area contributed by atoms with Crippen molar-refractivity contribution in [1.29, 1.82) is 0 Å². The van der Waals surface area contributed by atoms with E-state index in [9.17, 15) is 9.59 Å². The van der Waals surface area contributed by atoms with Crippen molar-refractivity contribution >= 4 is 50.4 Å². The fourth-order valence-corrected chi connectivity index (χ4v) is 5.15. The summed E-state index contributed by atoms with van der Waals surface area (Å²) in [5, 5.41) is 0.814. The van der Waals surface area contributed by atoms with Crippen molar-refractivity contribution in [1.82, 2.24) is 9.88 Å². The molecule has 0 unspecified atom stereocenters. The largest absolute Gasteiger partial charge is 0.397 e. The van der Waals surface area contributed by atoms with Crippen LogP contribution >= 0.6 is 11.3 Å². The Morgan fingerprint density at radius 3 is 2.38 bits per heavy atom. The molecule has 3 aromatic rings. The molecule has 1 aromatic carbocycles. The van der Waals surface area contributed by atoms with E-state index >= 15 is 0 Å². The third-order valence-corrected chi connectivity index (χ3v) is 6.87. The Morgan fingerprint density at radius 1 is 1.06 bits per heavy atom. The van der Waals surface area contributed by atoms with Crippen molar-refractivity contribution in [2.24, 2.45) is 5.73 Å². The minimum atomic E-state index is -0.521. The first-order valence-electron chi connectivity index (χ1n) is 10.6. The fourth-order valence-electron chi connectivity index (χ4n) is 4.14. The van der Waals surface area contributed by atoms with E-state index in [2.05, 4.69) is 14.8 Å². The van der Waals surface area contributed by atoms with E-state index < -0.39 is 5.91 Å². The van der Waals surface area contributed by atoms with Crippen LogP contribution in [0.4, 0.5) is 17.1 Å². The van der Waals surface area contributed by atoms with Gasteiger partial charge in [-0.2, -0.15) is 0 Å². The summed E-state index contributed by atoms with van der Waals surface area (Å²) in [6.45, 7) is 5.36. The number of carbonyl (C=O) groups excluding carboxylic acids is 2. The van der Waals surface area contributed by atoms with Crippen LogP contribution in [-0.4, -0.2) is 62.0 Å². The van der Waals surface area contributed by atoms with E-state index in [-0.39, 0.29) is 5.91 Å². The number of hydrogen-bond acceptors (Lipinski definition) is 7. The minimum absolute atomic E-state index is 0.000604. The molecule has 0 aliphatic carbocycles. The van der Waals surface area contributed by atoms with Gasteiger partial charge >= 0.3 is 0 Å². The van der Waals surface area contributed by atoms with Crippen LogP contribution in [0.25, 0.3) is 10.2 Å². The molecule has 1 aliphatic rings. The number of aromatic nitrogens is 1. The summed E-state index contributed by atoms with van der Waals surface area (Å²) >= 11 is 1.25. The number of nitrogens with two attached hydrogens (primary N) is 2. The van der Waals surface area contributed by atoms with Crippen LogP contribution in [0, 0.1) is 6.92 Å². The highest BCUT2D eigenvalue weighted by molar-refractivity contribution is 7.21. The zero-order valence-electron chi connectivity index (χ0n) is 18.6. The van der Waals surface area contributed by atoms with Crippen molar-refractivity contribution in [3.8, 4) is 0 Å². The average Bonchev–Trinajstić information content (AvgIpc) is 2.94. The molecule has 1 fully saturated rings. The van der Waals surface area contributed by atoms with Crippen molar-refractivity contribution in [3.63, 3.8) is 0 Å². The van der Waals surface area contributed by atoms with E-state index in [1.165, 1.54) is 11.3 Å². The molecule has 0 spiro atoms. The first-order valence-corrected chi connectivity index (χ1v) is 11.4. The van der Waals surface area contributed by atoms with Gasteiger partial charge in [0.1, 0.15) is 9.71 Å². The Balaban J connectivity index is 1.58. The number of nitrogens with zero attached hydrogens (tertiary/aromatic N) is 4. The number of aryl methyl sites for hydroxylation is 1. The molecule has 0 atom stereocenters. The second-order valence-corrected chi connectivity index (χ2v) is 9.25. The lowest BCUT2D eigenvalue weighted by Gasteiger charge is -2.26. The van der Waals surface area contributed by atoms with Crippen molar-refractivity contribution in [3.05, 3.63) is 46.5 Å². The van der Waals surface area contributed by atoms with Gasteiger partial charge in [-0.25, -0.2) is 4.98 Å². The third-order valence-electron chi connectivity index (χ3n) is 5.75. The molecule has 168 valence electrons. The molecule has 0 radical (unpaired) electrons. The molecule has 2 aromatic heterocycles. The standard InChI is InChI=1S/C23H28N6O2S/c1-14-13-17(18-19(24)20(21(25)30)32-22(18)26-14)29-10-4-9-28(11-12-29)16-7-5-15(6-8-16)23(31)27(2)3/h5-8,13H,4,9-12,24H2,1-3H3,(H2,25,30). The molecule has 1 saturated heterocycles. The minimum Gasteiger partial charge on any atom is -0.397 e. The maximum Gasteiger partial charge on any atom is 0.260 e. The lowest BCUT2D eigenvalue weighted by atomic mass is 10.1. The number of anilines is 3. The summed E-state index contributed by atoms with van der Waals surface area (Å²) < 4.78 is 0. The quantitative estimate of drug-likeness (QED) is 0.630. The summed E-state index contributed by atoms with van der Waals surface area (Å²) in [6.07, 6.45) is 0.966. The summed E-state index contributed by atoms with van der Waals surface area (Å²) in [7, 11) is 3.51. The van der Waals surface area contributed by atoms with Gasteiger partial charge in [-0.15, -0.1) is 11.3 Å². The van der Waals surface area contributed by atoms with Gasteiger partial charge in [0, 0.05) is 57.2 Å². The lowest BCUT2D eigenvalue weighted by Crippen LogP contribution is -2.31. The zero-order chi connectivity index (χ0) is 23.0. The van der Waals surface area contributed by atoms with Crippen molar-refractivity contribution in [2.45, 2.75) is 13.3 Å². The average molecular weight is 453 g/mol. The first-order chi connectivity index (χ1) is 15.3. The number of benzene rings is 1. The van der Waals surface area contributed by atoms with Gasteiger partial charge in [-0.1, -0.05) is 0 Å². The van der Waals surface area contributed by atoms with Gasteiger partial charge in [0.2, 0.25) is 0 Å². The SMILES string of the molecule is Cc1cc(N2CCCN(c3ccc(C(=O)N(C)C)cc3)CC2)c2c(N)c(C(N)=O)sc2n1. The van der Waals surface area contributed by atoms with E-state index in [0.29, 0.717) is 16.1 Å². The number of pyridine rings is 1. The molecule has 2 amide bonds. The summed E-state index contributed by atoms with van der Waals surface area (Å²) in [4.78, 5) is 35.9. The third kappa shape index (κ3) is 4.08. The number of hydrogen-bond donors (Lipinski definition) is 2. The van der Waals surface area contributed by atoms with Gasteiger partial charge in [-0.3, -0.25) is 9.59 Å². The van der Waals surface area contributed by atoms with E-state index in [4.69, 9.17) is 11.5 Å². The number of primary amides is 1. The Labute approximate surface area is 191 Å². The smallest absolute Gasteiger partial charge is 0.260 e. The first kappa shape index (κ1) is 21.9. The number of rotatable bonds is 4. The second kappa shape index (κ2) is 8.66. The molecular formula is C23H28N6O2S. The van der Waals surface area contributed by atoms with Crippen LogP contribution in [0.15, 0.2) is 30.3 Å². The molecule has 0 bridgehead atoms. The molecule has 9 heteroatoms. The molecule has 3 heterocycles. The number of thiophene rings is 1. The van der Waals surface area contributed by atoms with E-state index in [1.54, 1.807) is 19.0 Å². The Hall–Kier alpha value is -3.33. The fraction of sp³-hybridized carbons (Fsp3) is 0.348. The molecule has 4 rings (SSSR count). The second-order valence-electron chi connectivity index (χ2n) is 8.25. The number of amides is 2. The number of fused-ring (bicyclic) bond motifs is 1. The maximum absolute atomic E-state index is 12.2. The highest BCUT2D eigenvalue weighted by atomic mass is 32.1. The Morgan fingerprint density at radius 2 is 1.72 bits per heavy atom. The summed E-state index contributed by atoms with van der Waals surface area (Å²) in [5.41, 5.74) is 15.9. The molecule has 32 heavy (non-hydrogen) atoms. The summed E-state index contributed by atoms with van der Waals surface area (Å²) in [6, 6.07) is 9.82. The molecule has 0 saturated carbocycles. The van der Waals surface area contributed by atoms with E-state index in [1.807, 2.05) is 37.3 Å². The normalized spacial score (nSPS) is 14.5. The van der Waals surface area contributed by atoms with Gasteiger partial charge < -0.3 is 26.2 Å². The molecule has 1 aliphatic heterocycles. The van der Waals surface area contributed by atoms with Gasteiger partial charge in [0.15, 0.2) is 0 Å². The van der Waals surface area contributed by atoms with Gasteiger partial charge in [-0.05, 0) is 43.7 Å². The zero-order valence-corrected chi connectivity index (χ0v) is 19.4. The monoisotopic (exact) mass is 452 g/mol. The van der Waals surface area contributed by atoms with Crippen LogP contribution in [0.2, 0.25) is 0 Å². The van der Waals surface area contributed by atoms with Crippen LogP contribution in [0.1, 0.15) is 32.1 Å². The van der Waals surface area contributed by atoms with E-state index in [0.717, 1.165) is 59.9 Å².